The maximum atomic E-state index is 11.0. The lowest BCUT2D eigenvalue weighted by atomic mass is 9.73. The Bertz CT molecular complexity index is 508. The number of rotatable bonds is 1. The Morgan fingerprint density at radius 3 is 2.74 bits per heavy atom. The van der Waals surface area contributed by atoms with E-state index in [-0.39, 0.29) is 0 Å². The lowest BCUT2D eigenvalue weighted by molar-refractivity contribution is -0.0875. The van der Waals surface area contributed by atoms with Crippen molar-refractivity contribution in [3.8, 4) is 6.07 Å². The summed E-state index contributed by atoms with van der Waals surface area (Å²) in [7, 11) is 2.17. The largest absolute Gasteiger partial charge is 0.385 e. The highest BCUT2D eigenvalue weighted by Crippen LogP contribution is 2.43. The fraction of sp³-hybridized carbons (Fsp3) is 0.600. The average molecular weight is 257 g/mol. The second-order valence-electron chi connectivity index (χ2n) is 5.89. The normalized spacial score (nSPS) is 34.8. The van der Waals surface area contributed by atoms with Crippen molar-refractivity contribution in [1.82, 2.24) is 9.88 Å². The third-order valence-electron chi connectivity index (χ3n) is 4.79. The quantitative estimate of drug-likeness (QED) is 0.833. The monoisotopic (exact) mass is 257 g/mol. The second kappa shape index (κ2) is 4.59. The van der Waals surface area contributed by atoms with Crippen LogP contribution >= 0.6 is 0 Å². The summed E-state index contributed by atoms with van der Waals surface area (Å²) in [5.74, 6) is 0. The molecule has 0 saturated carbocycles. The summed E-state index contributed by atoms with van der Waals surface area (Å²) >= 11 is 0. The summed E-state index contributed by atoms with van der Waals surface area (Å²) in [6, 6.07) is 6.55. The van der Waals surface area contributed by atoms with Gasteiger partial charge in [0.1, 0.15) is 11.8 Å². The molecule has 3 rings (SSSR count). The number of aliphatic hydroxyl groups is 1. The predicted molar refractivity (Wildman–Crippen MR) is 71.3 cm³/mol. The van der Waals surface area contributed by atoms with E-state index in [1.165, 1.54) is 6.42 Å². The zero-order valence-electron chi connectivity index (χ0n) is 11.2. The molecule has 100 valence electrons. The minimum Gasteiger partial charge on any atom is -0.385 e. The van der Waals surface area contributed by atoms with E-state index in [1.54, 1.807) is 12.3 Å². The fourth-order valence-corrected chi connectivity index (χ4v) is 3.67. The summed E-state index contributed by atoms with van der Waals surface area (Å²) < 4.78 is 0. The highest BCUT2D eigenvalue weighted by Gasteiger charge is 2.44. The van der Waals surface area contributed by atoms with Gasteiger partial charge < -0.3 is 10.0 Å². The first-order valence-corrected chi connectivity index (χ1v) is 6.93. The molecule has 2 atom stereocenters. The maximum absolute atomic E-state index is 11.0. The standard InChI is InChI=1S/C15H19N3O/c1-18-13-3-2-4-14(18)9-15(19,8-13)11-5-6-17-12(7-11)10-16/h5-7,13-14,19H,2-4,8-9H2,1H3. The Balaban J connectivity index is 1.93. The van der Waals surface area contributed by atoms with E-state index >= 15 is 0 Å². The van der Waals surface area contributed by atoms with E-state index in [4.69, 9.17) is 5.26 Å². The molecule has 2 fully saturated rings. The second-order valence-corrected chi connectivity index (χ2v) is 5.89. The molecule has 2 bridgehead atoms. The number of piperidine rings is 2. The van der Waals surface area contributed by atoms with E-state index in [9.17, 15) is 5.11 Å². The summed E-state index contributed by atoms with van der Waals surface area (Å²) in [5.41, 5.74) is 0.440. The van der Waals surface area contributed by atoms with Gasteiger partial charge in [0.15, 0.2) is 0 Å². The van der Waals surface area contributed by atoms with Crippen LogP contribution in [0.3, 0.4) is 0 Å². The fourth-order valence-electron chi connectivity index (χ4n) is 3.67. The third-order valence-corrected chi connectivity index (χ3v) is 4.79. The van der Waals surface area contributed by atoms with Crippen molar-refractivity contribution in [2.24, 2.45) is 0 Å². The molecule has 1 aromatic rings. The van der Waals surface area contributed by atoms with Crippen LogP contribution in [-0.4, -0.2) is 34.1 Å². The minimum absolute atomic E-state index is 0.384. The van der Waals surface area contributed by atoms with Gasteiger partial charge in [0.05, 0.1) is 5.60 Å². The van der Waals surface area contributed by atoms with Crippen LogP contribution in [0.4, 0.5) is 0 Å². The van der Waals surface area contributed by atoms with E-state index in [2.05, 4.69) is 23.0 Å². The molecule has 1 aromatic heterocycles. The van der Waals surface area contributed by atoms with E-state index in [0.717, 1.165) is 31.2 Å². The van der Waals surface area contributed by atoms with Gasteiger partial charge in [-0.25, -0.2) is 4.98 Å². The number of fused-ring (bicyclic) bond motifs is 2. The number of hydrogen-bond acceptors (Lipinski definition) is 4. The van der Waals surface area contributed by atoms with Crippen LogP contribution < -0.4 is 0 Å². The number of nitriles is 1. The molecule has 2 saturated heterocycles. The minimum atomic E-state index is -0.795. The summed E-state index contributed by atoms with van der Waals surface area (Å²) in [6.45, 7) is 0. The Kier molecular flexibility index (Phi) is 3.04. The number of pyridine rings is 1. The van der Waals surface area contributed by atoms with Crippen molar-refractivity contribution in [3.63, 3.8) is 0 Å². The van der Waals surface area contributed by atoms with Gasteiger partial charge in [0.25, 0.3) is 0 Å². The third kappa shape index (κ3) is 2.13. The molecule has 19 heavy (non-hydrogen) atoms. The predicted octanol–water partition coefficient (Wildman–Crippen LogP) is 1.79. The molecule has 0 aromatic carbocycles. The SMILES string of the molecule is CN1C2CCCC1CC(O)(c1ccnc(C#N)c1)C2. The van der Waals surface area contributed by atoms with Gasteiger partial charge in [-0.05, 0) is 50.4 Å². The molecule has 2 unspecified atom stereocenters. The number of nitrogens with zero attached hydrogens (tertiary/aromatic N) is 3. The smallest absolute Gasteiger partial charge is 0.140 e. The van der Waals surface area contributed by atoms with E-state index < -0.39 is 5.60 Å². The molecular weight excluding hydrogens is 238 g/mol. The van der Waals surface area contributed by atoms with Crippen LogP contribution in [0.2, 0.25) is 0 Å². The first kappa shape index (κ1) is 12.6. The number of aromatic nitrogens is 1. The van der Waals surface area contributed by atoms with Crippen molar-refractivity contribution in [1.29, 1.82) is 5.26 Å². The molecule has 0 radical (unpaired) electrons. The lowest BCUT2D eigenvalue weighted by Crippen LogP contribution is -2.55. The highest BCUT2D eigenvalue weighted by atomic mass is 16.3. The van der Waals surface area contributed by atoms with Gasteiger partial charge in [-0.3, -0.25) is 0 Å². The zero-order valence-corrected chi connectivity index (χ0v) is 11.2. The first-order chi connectivity index (χ1) is 9.12. The van der Waals surface area contributed by atoms with Gasteiger partial charge in [-0.2, -0.15) is 5.26 Å². The van der Waals surface area contributed by atoms with Crippen molar-refractivity contribution >= 4 is 0 Å². The summed E-state index contributed by atoms with van der Waals surface area (Å²) in [6.07, 6.45) is 6.72. The van der Waals surface area contributed by atoms with Gasteiger partial charge >= 0.3 is 0 Å². The maximum Gasteiger partial charge on any atom is 0.140 e. The summed E-state index contributed by atoms with van der Waals surface area (Å²) in [5, 5.41) is 20.0. The lowest BCUT2D eigenvalue weighted by Gasteiger charge is -2.50. The number of hydrogen-bond donors (Lipinski definition) is 1. The molecular formula is C15H19N3O. The Morgan fingerprint density at radius 2 is 2.11 bits per heavy atom. The van der Waals surface area contributed by atoms with E-state index in [0.29, 0.717) is 17.8 Å². The van der Waals surface area contributed by atoms with Gasteiger partial charge in [0.2, 0.25) is 0 Å². The molecule has 4 nitrogen and oxygen atoms in total. The molecule has 3 heterocycles. The van der Waals surface area contributed by atoms with Crippen LogP contribution in [-0.2, 0) is 5.60 Å². The Labute approximate surface area is 113 Å². The molecule has 2 aliphatic rings. The van der Waals surface area contributed by atoms with Crippen molar-refractivity contribution in [2.75, 3.05) is 7.05 Å². The van der Waals surface area contributed by atoms with Gasteiger partial charge in [-0.15, -0.1) is 0 Å². The van der Waals surface area contributed by atoms with Crippen LogP contribution in [0.5, 0.6) is 0 Å². The van der Waals surface area contributed by atoms with Gasteiger partial charge in [-0.1, -0.05) is 6.42 Å². The van der Waals surface area contributed by atoms with Gasteiger partial charge in [0, 0.05) is 18.3 Å². The first-order valence-electron chi connectivity index (χ1n) is 6.93. The van der Waals surface area contributed by atoms with Crippen molar-refractivity contribution < 1.29 is 5.11 Å². The van der Waals surface area contributed by atoms with Crippen LogP contribution in [0.15, 0.2) is 18.3 Å². The van der Waals surface area contributed by atoms with E-state index in [1.807, 2.05) is 6.07 Å². The Morgan fingerprint density at radius 1 is 1.42 bits per heavy atom. The molecule has 2 aliphatic heterocycles. The zero-order chi connectivity index (χ0) is 13.5. The van der Waals surface area contributed by atoms with Crippen molar-refractivity contribution in [3.05, 3.63) is 29.6 Å². The van der Waals surface area contributed by atoms with Crippen LogP contribution in [0.1, 0.15) is 43.4 Å². The highest BCUT2D eigenvalue weighted by molar-refractivity contribution is 5.30. The van der Waals surface area contributed by atoms with Crippen LogP contribution in [0, 0.1) is 11.3 Å². The molecule has 1 N–H and O–H groups in total. The Hall–Kier alpha value is -1.44. The summed E-state index contributed by atoms with van der Waals surface area (Å²) in [4.78, 5) is 6.41. The molecule has 0 aliphatic carbocycles. The average Bonchev–Trinajstić information content (AvgIpc) is 2.41. The van der Waals surface area contributed by atoms with Crippen molar-refractivity contribution in [2.45, 2.75) is 49.8 Å². The molecule has 0 spiro atoms. The molecule has 4 heteroatoms. The molecule has 0 amide bonds. The topological polar surface area (TPSA) is 60.1 Å². The van der Waals surface area contributed by atoms with Crippen LogP contribution in [0.25, 0.3) is 0 Å².